The molecule has 1 amide bonds. The predicted octanol–water partition coefficient (Wildman–Crippen LogP) is 4.78. The summed E-state index contributed by atoms with van der Waals surface area (Å²) in [4.78, 5) is 14.9. The first-order valence-corrected chi connectivity index (χ1v) is 9.71. The molecule has 3 heteroatoms. The highest BCUT2D eigenvalue weighted by Gasteiger charge is 2.33. The summed E-state index contributed by atoms with van der Waals surface area (Å²) in [6.45, 7) is 4.27. The molecule has 2 aromatic carbocycles. The van der Waals surface area contributed by atoms with Gasteiger partial charge in [-0.2, -0.15) is 0 Å². The minimum absolute atomic E-state index is 0.231. The van der Waals surface area contributed by atoms with Crippen molar-refractivity contribution in [3.8, 4) is 0 Å². The van der Waals surface area contributed by atoms with Crippen LogP contribution in [0.2, 0.25) is 0 Å². The van der Waals surface area contributed by atoms with E-state index in [2.05, 4.69) is 66.2 Å². The summed E-state index contributed by atoms with van der Waals surface area (Å²) < 4.78 is 2.25. The molecule has 0 aliphatic heterocycles. The van der Waals surface area contributed by atoms with Crippen LogP contribution >= 0.6 is 0 Å². The van der Waals surface area contributed by atoms with Crippen LogP contribution in [-0.2, 0) is 24.4 Å². The summed E-state index contributed by atoms with van der Waals surface area (Å²) >= 11 is 0. The van der Waals surface area contributed by atoms with E-state index < -0.39 is 0 Å². The number of aryl methyl sites for hydroxylation is 1. The molecule has 0 saturated heterocycles. The fourth-order valence-electron chi connectivity index (χ4n) is 3.44. The maximum absolute atomic E-state index is 12.9. The summed E-state index contributed by atoms with van der Waals surface area (Å²) in [7, 11) is 0. The normalized spacial score (nSPS) is 13.5. The fraction of sp³-hybridized carbons (Fsp3) is 0.292. The van der Waals surface area contributed by atoms with Gasteiger partial charge in [-0.15, -0.1) is 0 Å². The van der Waals surface area contributed by atoms with Crippen molar-refractivity contribution < 1.29 is 4.79 Å². The van der Waals surface area contributed by atoms with Gasteiger partial charge in [-0.1, -0.05) is 60.2 Å². The minimum atomic E-state index is 0.231. The SMILES string of the molecule is Cc1ccc(Cn2cccc2CN(Cc2ccccc2)C(=O)C2CC2)cc1. The average molecular weight is 358 g/mol. The Morgan fingerprint density at radius 2 is 1.67 bits per heavy atom. The van der Waals surface area contributed by atoms with E-state index in [-0.39, 0.29) is 5.92 Å². The molecule has 0 radical (unpaired) electrons. The van der Waals surface area contributed by atoms with Crippen LogP contribution in [0, 0.1) is 12.8 Å². The molecule has 0 spiro atoms. The van der Waals surface area contributed by atoms with Crippen molar-refractivity contribution in [3.05, 3.63) is 95.3 Å². The molecule has 0 unspecified atom stereocenters. The Morgan fingerprint density at radius 1 is 0.926 bits per heavy atom. The molecule has 0 atom stereocenters. The molecule has 3 aromatic rings. The second kappa shape index (κ2) is 7.83. The zero-order valence-corrected chi connectivity index (χ0v) is 15.8. The van der Waals surface area contributed by atoms with Crippen LogP contribution in [0.4, 0.5) is 0 Å². The van der Waals surface area contributed by atoms with Crippen LogP contribution in [-0.4, -0.2) is 15.4 Å². The van der Waals surface area contributed by atoms with Gasteiger partial charge in [0.05, 0.1) is 6.54 Å². The lowest BCUT2D eigenvalue weighted by molar-refractivity contribution is -0.133. The van der Waals surface area contributed by atoms with Gasteiger partial charge in [-0.3, -0.25) is 4.79 Å². The van der Waals surface area contributed by atoms with Crippen molar-refractivity contribution in [1.82, 2.24) is 9.47 Å². The Labute approximate surface area is 161 Å². The van der Waals surface area contributed by atoms with Gasteiger partial charge >= 0.3 is 0 Å². The van der Waals surface area contributed by atoms with Gasteiger partial charge in [0.25, 0.3) is 0 Å². The molecule has 1 aliphatic carbocycles. The number of nitrogens with zero attached hydrogens (tertiary/aromatic N) is 2. The van der Waals surface area contributed by atoms with Crippen molar-refractivity contribution in [1.29, 1.82) is 0 Å². The van der Waals surface area contributed by atoms with Gasteiger partial charge in [-0.25, -0.2) is 0 Å². The zero-order valence-electron chi connectivity index (χ0n) is 15.8. The molecule has 27 heavy (non-hydrogen) atoms. The third kappa shape index (κ3) is 4.48. The number of amides is 1. The van der Waals surface area contributed by atoms with Gasteiger partial charge in [0.1, 0.15) is 0 Å². The van der Waals surface area contributed by atoms with E-state index in [0.717, 1.165) is 19.4 Å². The van der Waals surface area contributed by atoms with Crippen molar-refractivity contribution in [2.45, 2.75) is 39.4 Å². The van der Waals surface area contributed by atoms with Crippen LogP contribution in [0.15, 0.2) is 72.9 Å². The zero-order chi connectivity index (χ0) is 18.6. The van der Waals surface area contributed by atoms with Crippen LogP contribution in [0.1, 0.15) is 35.2 Å². The van der Waals surface area contributed by atoms with Crippen LogP contribution in [0.5, 0.6) is 0 Å². The van der Waals surface area contributed by atoms with Crippen molar-refractivity contribution in [2.24, 2.45) is 5.92 Å². The van der Waals surface area contributed by atoms with Gasteiger partial charge in [0.15, 0.2) is 0 Å². The average Bonchev–Trinajstić information content (AvgIpc) is 3.45. The predicted molar refractivity (Wildman–Crippen MR) is 108 cm³/mol. The standard InChI is InChI=1S/C24H26N2O/c1-19-9-11-21(12-10-19)16-25-15-5-8-23(25)18-26(24(27)22-13-14-22)17-20-6-3-2-4-7-20/h2-12,15,22H,13-14,16-18H2,1H3. The van der Waals surface area contributed by atoms with Gasteiger partial charge in [0, 0.05) is 30.9 Å². The Balaban J connectivity index is 1.51. The van der Waals surface area contributed by atoms with Crippen molar-refractivity contribution in [3.63, 3.8) is 0 Å². The molecule has 0 N–H and O–H groups in total. The number of aromatic nitrogens is 1. The number of hydrogen-bond acceptors (Lipinski definition) is 1. The molecule has 1 fully saturated rings. The number of rotatable bonds is 7. The smallest absolute Gasteiger partial charge is 0.226 e. The first-order chi connectivity index (χ1) is 13.2. The second-order valence-electron chi connectivity index (χ2n) is 7.57. The van der Waals surface area contributed by atoms with Crippen LogP contribution in [0.3, 0.4) is 0 Å². The lowest BCUT2D eigenvalue weighted by Gasteiger charge is -2.24. The van der Waals surface area contributed by atoms with E-state index >= 15 is 0 Å². The fourth-order valence-corrected chi connectivity index (χ4v) is 3.44. The van der Waals surface area contributed by atoms with E-state index in [4.69, 9.17) is 0 Å². The first-order valence-electron chi connectivity index (χ1n) is 9.71. The summed E-state index contributed by atoms with van der Waals surface area (Å²) in [5.74, 6) is 0.524. The maximum Gasteiger partial charge on any atom is 0.226 e. The topological polar surface area (TPSA) is 25.2 Å². The maximum atomic E-state index is 12.9. The highest BCUT2D eigenvalue weighted by atomic mass is 16.2. The summed E-state index contributed by atoms with van der Waals surface area (Å²) in [6.07, 6.45) is 4.18. The van der Waals surface area contributed by atoms with Crippen molar-refractivity contribution in [2.75, 3.05) is 0 Å². The highest BCUT2D eigenvalue weighted by molar-refractivity contribution is 5.81. The molecular formula is C24H26N2O. The molecule has 1 heterocycles. The van der Waals surface area contributed by atoms with E-state index in [1.165, 1.54) is 22.4 Å². The molecule has 1 aromatic heterocycles. The third-order valence-corrected chi connectivity index (χ3v) is 5.20. The Kier molecular flexibility index (Phi) is 5.10. The van der Waals surface area contributed by atoms with E-state index in [1.54, 1.807) is 0 Å². The Bertz CT molecular complexity index is 892. The number of carbonyl (C=O) groups excluding carboxylic acids is 1. The molecule has 3 nitrogen and oxygen atoms in total. The number of carbonyl (C=O) groups is 1. The largest absolute Gasteiger partial charge is 0.345 e. The summed E-state index contributed by atoms with van der Waals surface area (Å²) in [5.41, 5.74) is 4.92. The minimum Gasteiger partial charge on any atom is -0.345 e. The molecule has 4 rings (SSSR count). The van der Waals surface area contributed by atoms with E-state index in [0.29, 0.717) is 19.0 Å². The van der Waals surface area contributed by atoms with E-state index in [1.807, 2.05) is 23.1 Å². The summed E-state index contributed by atoms with van der Waals surface area (Å²) in [6, 6.07) is 23.1. The molecule has 138 valence electrons. The van der Waals surface area contributed by atoms with Crippen LogP contribution < -0.4 is 0 Å². The Hall–Kier alpha value is -2.81. The summed E-state index contributed by atoms with van der Waals surface area (Å²) in [5, 5.41) is 0. The lowest BCUT2D eigenvalue weighted by atomic mass is 10.1. The van der Waals surface area contributed by atoms with Gasteiger partial charge in [0.2, 0.25) is 5.91 Å². The van der Waals surface area contributed by atoms with Crippen LogP contribution in [0.25, 0.3) is 0 Å². The first kappa shape index (κ1) is 17.6. The molecule has 1 aliphatic rings. The lowest BCUT2D eigenvalue weighted by Crippen LogP contribution is -2.32. The second-order valence-corrected chi connectivity index (χ2v) is 7.57. The van der Waals surface area contributed by atoms with Crippen molar-refractivity contribution >= 4 is 5.91 Å². The van der Waals surface area contributed by atoms with Gasteiger partial charge < -0.3 is 9.47 Å². The monoisotopic (exact) mass is 358 g/mol. The molecule has 1 saturated carbocycles. The number of benzene rings is 2. The highest BCUT2D eigenvalue weighted by Crippen LogP contribution is 2.32. The molecule has 0 bridgehead atoms. The molecular weight excluding hydrogens is 332 g/mol. The number of hydrogen-bond donors (Lipinski definition) is 0. The third-order valence-electron chi connectivity index (χ3n) is 5.20. The quantitative estimate of drug-likeness (QED) is 0.596. The van der Waals surface area contributed by atoms with E-state index in [9.17, 15) is 4.79 Å². The van der Waals surface area contributed by atoms with Gasteiger partial charge in [-0.05, 0) is 43.0 Å². The Morgan fingerprint density at radius 3 is 2.37 bits per heavy atom.